The number of aromatic nitrogens is 2. The minimum absolute atomic E-state index is 0.446. The monoisotopic (exact) mass is 250 g/mol. The van der Waals surface area contributed by atoms with Crippen molar-refractivity contribution in [2.24, 2.45) is 0 Å². The van der Waals surface area contributed by atoms with Gasteiger partial charge in [0.2, 0.25) is 0 Å². The topological polar surface area (TPSA) is 84.0 Å². The lowest BCUT2D eigenvalue weighted by Crippen LogP contribution is -2.21. The lowest BCUT2D eigenvalue weighted by atomic mass is 10.4. The molecule has 0 fully saturated rings. The summed E-state index contributed by atoms with van der Waals surface area (Å²) in [5, 5.41) is 0. The highest BCUT2D eigenvalue weighted by Gasteiger charge is 2.09. The summed E-state index contributed by atoms with van der Waals surface area (Å²) in [5.41, 5.74) is 0.892. The van der Waals surface area contributed by atoms with Gasteiger partial charge >= 0.3 is 10.2 Å². The van der Waals surface area contributed by atoms with Crippen molar-refractivity contribution in [3.8, 4) is 0 Å². The molecule has 0 aliphatic heterocycles. The number of anilines is 2. The Balaban J connectivity index is 2.11. The zero-order valence-electron chi connectivity index (χ0n) is 8.74. The zero-order chi connectivity index (χ0) is 12.1. The second-order valence-electron chi connectivity index (χ2n) is 3.18. The lowest BCUT2D eigenvalue weighted by molar-refractivity contribution is 0.606. The average molecular weight is 250 g/mol. The van der Waals surface area contributed by atoms with E-state index in [4.69, 9.17) is 0 Å². The fourth-order valence-corrected chi connectivity index (χ4v) is 2.12. The van der Waals surface area contributed by atoms with Gasteiger partial charge in [-0.1, -0.05) is 0 Å². The molecule has 0 amide bonds. The first-order chi connectivity index (χ1) is 8.16. The normalized spacial score (nSPS) is 10.8. The van der Waals surface area contributed by atoms with E-state index in [0.29, 0.717) is 11.4 Å². The summed E-state index contributed by atoms with van der Waals surface area (Å²) in [6.07, 6.45) is 6.02. The van der Waals surface area contributed by atoms with Crippen LogP contribution in [0.3, 0.4) is 0 Å². The molecule has 2 N–H and O–H groups in total. The first-order valence-corrected chi connectivity index (χ1v) is 6.25. The summed E-state index contributed by atoms with van der Waals surface area (Å²) in [5.74, 6) is 0. The molecule has 17 heavy (non-hydrogen) atoms. The maximum absolute atomic E-state index is 11.7. The molecule has 6 nitrogen and oxygen atoms in total. The SMILES string of the molecule is O=S(=O)(Nc1ccncc1)Nc1ccncc1. The minimum atomic E-state index is -3.64. The Hall–Kier alpha value is -2.15. The van der Waals surface area contributed by atoms with Gasteiger partial charge in [-0.2, -0.15) is 8.42 Å². The summed E-state index contributed by atoms with van der Waals surface area (Å²) >= 11 is 0. The Labute approximate surface area is 98.9 Å². The number of hydrogen-bond acceptors (Lipinski definition) is 4. The summed E-state index contributed by atoms with van der Waals surface area (Å²) in [7, 11) is -3.64. The van der Waals surface area contributed by atoms with Gasteiger partial charge in [-0.3, -0.25) is 19.4 Å². The number of rotatable bonds is 4. The molecule has 0 aromatic carbocycles. The largest absolute Gasteiger partial charge is 0.321 e. The van der Waals surface area contributed by atoms with Crippen LogP contribution in [0.15, 0.2) is 49.1 Å². The van der Waals surface area contributed by atoms with Crippen molar-refractivity contribution < 1.29 is 8.42 Å². The molecule has 0 saturated heterocycles. The highest BCUT2D eigenvalue weighted by Crippen LogP contribution is 2.10. The molecule has 88 valence electrons. The lowest BCUT2D eigenvalue weighted by Gasteiger charge is -2.09. The van der Waals surface area contributed by atoms with Crippen LogP contribution in [0.1, 0.15) is 0 Å². The van der Waals surface area contributed by atoms with Crippen LogP contribution >= 0.6 is 0 Å². The van der Waals surface area contributed by atoms with Gasteiger partial charge in [0.05, 0.1) is 11.4 Å². The maximum atomic E-state index is 11.7. The van der Waals surface area contributed by atoms with E-state index < -0.39 is 10.2 Å². The Morgan fingerprint density at radius 2 is 1.12 bits per heavy atom. The molecule has 2 heterocycles. The van der Waals surface area contributed by atoms with E-state index in [2.05, 4.69) is 19.4 Å². The molecule has 0 aliphatic carbocycles. The predicted molar refractivity (Wildman–Crippen MR) is 64.6 cm³/mol. The molecule has 0 aliphatic rings. The van der Waals surface area contributed by atoms with Crippen molar-refractivity contribution in [1.29, 1.82) is 0 Å². The van der Waals surface area contributed by atoms with Gasteiger partial charge in [-0.15, -0.1) is 0 Å². The Morgan fingerprint density at radius 3 is 1.47 bits per heavy atom. The molecule has 0 saturated carbocycles. The third-order valence-corrected chi connectivity index (χ3v) is 2.87. The molecule has 0 radical (unpaired) electrons. The van der Waals surface area contributed by atoms with Crippen molar-refractivity contribution in [2.45, 2.75) is 0 Å². The molecule has 7 heteroatoms. The van der Waals surface area contributed by atoms with E-state index in [1.165, 1.54) is 24.8 Å². The van der Waals surface area contributed by atoms with Gasteiger partial charge in [-0.05, 0) is 24.3 Å². The van der Waals surface area contributed by atoms with Crippen molar-refractivity contribution in [3.63, 3.8) is 0 Å². The third-order valence-electron chi connectivity index (χ3n) is 1.87. The summed E-state index contributed by atoms with van der Waals surface area (Å²) in [6.45, 7) is 0. The molecule has 2 aromatic rings. The number of hydrogen-bond donors (Lipinski definition) is 2. The van der Waals surface area contributed by atoms with Gasteiger partial charge in [0.1, 0.15) is 0 Å². The van der Waals surface area contributed by atoms with Gasteiger partial charge in [0.25, 0.3) is 0 Å². The van der Waals surface area contributed by atoms with Crippen LogP contribution < -0.4 is 9.44 Å². The van der Waals surface area contributed by atoms with Crippen LogP contribution in [0.2, 0.25) is 0 Å². The maximum Gasteiger partial charge on any atom is 0.321 e. The van der Waals surface area contributed by atoms with E-state index in [0.717, 1.165) is 0 Å². The molecule has 2 aromatic heterocycles. The number of nitrogens with zero attached hydrogens (tertiary/aromatic N) is 2. The summed E-state index contributed by atoms with van der Waals surface area (Å²) in [4.78, 5) is 7.59. The van der Waals surface area contributed by atoms with Gasteiger partial charge in [0.15, 0.2) is 0 Å². The first kappa shape index (κ1) is 11.3. The van der Waals surface area contributed by atoms with Crippen molar-refractivity contribution in [2.75, 3.05) is 9.44 Å². The average Bonchev–Trinajstić information content (AvgIpc) is 2.30. The number of nitrogens with one attached hydrogen (secondary N) is 2. The van der Waals surface area contributed by atoms with Gasteiger partial charge < -0.3 is 0 Å². The predicted octanol–water partition coefficient (Wildman–Crippen LogP) is 1.25. The van der Waals surface area contributed by atoms with Crippen molar-refractivity contribution in [1.82, 2.24) is 9.97 Å². The van der Waals surface area contributed by atoms with Gasteiger partial charge in [0, 0.05) is 24.8 Å². The standard InChI is InChI=1S/C10H10N4O2S/c15-17(16,13-9-1-5-11-6-2-9)14-10-3-7-12-8-4-10/h1-8H,(H,11,13)(H,12,14). The highest BCUT2D eigenvalue weighted by atomic mass is 32.2. The van der Waals surface area contributed by atoms with E-state index in [-0.39, 0.29) is 0 Å². The Bertz CT molecular complexity index is 524. The minimum Gasteiger partial charge on any atom is -0.267 e. The van der Waals surface area contributed by atoms with Crippen LogP contribution in [0.5, 0.6) is 0 Å². The van der Waals surface area contributed by atoms with Crippen LogP contribution in [0, 0.1) is 0 Å². The van der Waals surface area contributed by atoms with E-state index >= 15 is 0 Å². The second kappa shape index (κ2) is 4.79. The Morgan fingerprint density at radius 1 is 0.765 bits per heavy atom. The molecular weight excluding hydrogens is 240 g/mol. The van der Waals surface area contributed by atoms with Crippen LogP contribution in [-0.2, 0) is 10.2 Å². The summed E-state index contributed by atoms with van der Waals surface area (Å²) < 4.78 is 28.1. The molecular formula is C10H10N4O2S. The molecule has 0 unspecified atom stereocenters. The quantitative estimate of drug-likeness (QED) is 0.855. The van der Waals surface area contributed by atoms with Crippen LogP contribution in [-0.4, -0.2) is 18.4 Å². The third kappa shape index (κ3) is 3.42. The van der Waals surface area contributed by atoms with Crippen LogP contribution in [0.25, 0.3) is 0 Å². The summed E-state index contributed by atoms with van der Waals surface area (Å²) in [6, 6.07) is 6.25. The highest BCUT2D eigenvalue weighted by molar-refractivity contribution is 7.94. The fourth-order valence-electron chi connectivity index (χ4n) is 1.18. The first-order valence-electron chi connectivity index (χ1n) is 4.76. The van der Waals surface area contributed by atoms with Gasteiger partial charge in [-0.25, -0.2) is 0 Å². The number of pyridine rings is 2. The fraction of sp³-hybridized carbons (Fsp3) is 0. The smallest absolute Gasteiger partial charge is 0.267 e. The second-order valence-corrected chi connectivity index (χ2v) is 4.59. The zero-order valence-corrected chi connectivity index (χ0v) is 9.55. The molecule has 0 atom stereocenters. The van der Waals surface area contributed by atoms with E-state index in [1.54, 1.807) is 24.3 Å². The van der Waals surface area contributed by atoms with Crippen molar-refractivity contribution in [3.05, 3.63) is 49.1 Å². The van der Waals surface area contributed by atoms with E-state index in [1.807, 2.05) is 0 Å². The molecule has 2 rings (SSSR count). The van der Waals surface area contributed by atoms with Crippen LogP contribution in [0.4, 0.5) is 11.4 Å². The molecule has 0 bridgehead atoms. The Kier molecular flexibility index (Phi) is 3.20. The van der Waals surface area contributed by atoms with Crippen molar-refractivity contribution >= 4 is 21.6 Å². The van der Waals surface area contributed by atoms with E-state index in [9.17, 15) is 8.42 Å². The molecule has 0 spiro atoms.